The van der Waals surface area contributed by atoms with Gasteiger partial charge in [-0.3, -0.25) is 9.59 Å². The van der Waals surface area contributed by atoms with Crippen molar-refractivity contribution >= 4 is 11.9 Å². The topological polar surface area (TPSA) is 75.6 Å². The minimum absolute atomic E-state index is 0.148. The summed E-state index contributed by atoms with van der Waals surface area (Å²) in [6, 6.07) is -0.874. The number of nitrogens with one attached hydrogen (secondary N) is 1. The summed E-state index contributed by atoms with van der Waals surface area (Å²) in [6.07, 6.45) is 5.71. The van der Waals surface area contributed by atoms with Gasteiger partial charge in [0.1, 0.15) is 12.1 Å². The molecule has 18 heavy (non-hydrogen) atoms. The molecule has 0 aromatic heterocycles. The van der Waals surface area contributed by atoms with Crippen LogP contribution in [-0.4, -0.2) is 35.2 Å². The number of carbonyl (C=O) groups is 2. The minimum atomic E-state index is -1.03. The number of aliphatic carboxylic acids is 1. The quantitative estimate of drug-likeness (QED) is 0.759. The number of hydrogen-bond acceptors (Lipinski definition) is 3. The van der Waals surface area contributed by atoms with E-state index in [0.29, 0.717) is 6.42 Å². The molecule has 5 nitrogen and oxygen atoms in total. The fourth-order valence-electron chi connectivity index (χ4n) is 2.15. The number of carboxylic acid groups (broad SMARTS) is 1. The van der Waals surface area contributed by atoms with Crippen molar-refractivity contribution in [3.8, 4) is 0 Å². The predicted molar refractivity (Wildman–Crippen MR) is 67.3 cm³/mol. The predicted octanol–water partition coefficient (Wildman–Crippen LogP) is 1.70. The monoisotopic (exact) mass is 257 g/mol. The molecule has 0 heterocycles. The van der Waals surface area contributed by atoms with Crippen LogP contribution in [0, 0.1) is 0 Å². The Hall–Kier alpha value is -1.10. The van der Waals surface area contributed by atoms with Gasteiger partial charge in [0.25, 0.3) is 0 Å². The second-order valence-electron chi connectivity index (χ2n) is 4.86. The molecule has 1 amide bonds. The molecule has 1 fully saturated rings. The lowest BCUT2D eigenvalue weighted by atomic mass is 9.97. The number of ether oxygens (including phenoxy) is 1. The molecule has 1 aliphatic carbocycles. The molecule has 1 rings (SSSR count). The van der Waals surface area contributed by atoms with Crippen LogP contribution in [0.2, 0.25) is 0 Å². The van der Waals surface area contributed by atoms with Gasteiger partial charge in [0.05, 0.1) is 6.10 Å². The SMILES string of the molecule is CCC(OC1CCCCC1)C(=O)NC(C)C(=O)O. The highest BCUT2D eigenvalue weighted by atomic mass is 16.5. The maximum absolute atomic E-state index is 11.9. The van der Waals surface area contributed by atoms with Crippen LogP contribution >= 0.6 is 0 Å². The second kappa shape index (κ2) is 7.36. The molecule has 0 radical (unpaired) electrons. The fourth-order valence-corrected chi connectivity index (χ4v) is 2.15. The van der Waals surface area contributed by atoms with E-state index in [-0.39, 0.29) is 12.0 Å². The summed E-state index contributed by atoms with van der Waals surface area (Å²) in [6.45, 7) is 3.33. The van der Waals surface area contributed by atoms with Gasteiger partial charge in [-0.1, -0.05) is 26.2 Å². The van der Waals surface area contributed by atoms with Crippen molar-refractivity contribution < 1.29 is 19.4 Å². The zero-order valence-electron chi connectivity index (χ0n) is 11.1. The largest absolute Gasteiger partial charge is 0.480 e. The van der Waals surface area contributed by atoms with Crippen LogP contribution in [-0.2, 0) is 14.3 Å². The maximum atomic E-state index is 11.9. The summed E-state index contributed by atoms with van der Waals surface area (Å²) in [5.74, 6) is -1.35. The summed E-state index contributed by atoms with van der Waals surface area (Å²) < 4.78 is 5.78. The summed E-state index contributed by atoms with van der Waals surface area (Å²) in [4.78, 5) is 22.5. The summed E-state index contributed by atoms with van der Waals surface area (Å²) in [5.41, 5.74) is 0. The molecule has 104 valence electrons. The van der Waals surface area contributed by atoms with Crippen LogP contribution < -0.4 is 5.32 Å². The van der Waals surface area contributed by atoms with Crippen molar-refractivity contribution in [2.24, 2.45) is 0 Å². The van der Waals surface area contributed by atoms with Gasteiger partial charge in [-0.2, -0.15) is 0 Å². The number of hydrogen-bond donors (Lipinski definition) is 2. The smallest absolute Gasteiger partial charge is 0.325 e. The van der Waals surface area contributed by atoms with E-state index < -0.39 is 18.1 Å². The van der Waals surface area contributed by atoms with Gasteiger partial charge in [0, 0.05) is 0 Å². The molecule has 0 aromatic rings. The molecule has 0 aromatic carbocycles. The molecular formula is C13H23NO4. The first kappa shape index (κ1) is 15.0. The van der Waals surface area contributed by atoms with E-state index in [1.165, 1.54) is 13.3 Å². The Balaban J connectivity index is 2.43. The highest BCUT2D eigenvalue weighted by Gasteiger charge is 2.25. The van der Waals surface area contributed by atoms with Gasteiger partial charge >= 0.3 is 5.97 Å². The number of rotatable bonds is 6. The summed E-state index contributed by atoms with van der Waals surface area (Å²) >= 11 is 0. The van der Waals surface area contributed by atoms with E-state index in [2.05, 4.69) is 5.32 Å². The third-order valence-electron chi connectivity index (χ3n) is 3.30. The zero-order chi connectivity index (χ0) is 13.5. The first-order valence-corrected chi connectivity index (χ1v) is 6.73. The van der Waals surface area contributed by atoms with Gasteiger partial charge in [-0.25, -0.2) is 0 Å². The molecule has 0 bridgehead atoms. The molecule has 2 atom stereocenters. The molecule has 0 spiro atoms. The Labute approximate surface area is 108 Å². The van der Waals surface area contributed by atoms with Crippen LogP contribution in [0.5, 0.6) is 0 Å². The molecular weight excluding hydrogens is 234 g/mol. The Bertz CT molecular complexity index is 287. The summed E-state index contributed by atoms with van der Waals surface area (Å²) in [5, 5.41) is 11.2. The molecule has 5 heteroatoms. The molecule has 1 aliphatic rings. The minimum Gasteiger partial charge on any atom is -0.480 e. The van der Waals surface area contributed by atoms with Crippen molar-refractivity contribution in [3.05, 3.63) is 0 Å². The van der Waals surface area contributed by atoms with Gasteiger partial charge in [-0.15, -0.1) is 0 Å². The van der Waals surface area contributed by atoms with Crippen molar-refractivity contribution in [3.63, 3.8) is 0 Å². The number of carbonyl (C=O) groups excluding carboxylic acids is 1. The average Bonchev–Trinajstić information content (AvgIpc) is 2.36. The Kier molecular flexibility index (Phi) is 6.12. The van der Waals surface area contributed by atoms with Crippen LogP contribution in [0.4, 0.5) is 0 Å². The highest BCUT2D eigenvalue weighted by Crippen LogP contribution is 2.22. The van der Waals surface area contributed by atoms with Crippen molar-refractivity contribution in [1.29, 1.82) is 0 Å². The van der Waals surface area contributed by atoms with Crippen molar-refractivity contribution in [2.45, 2.75) is 70.6 Å². The van der Waals surface area contributed by atoms with Gasteiger partial charge < -0.3 is 15.2 Å². The lowest BCUT2D eigenvalue weighted by Gasteiger charge is -2.27. The molecule has 2 N–H and O–H groups in total. The van der Waals surface area contributed by atoms with Crippen LogP contribution in [0.25, 0.3) is 0 Å². The Morgan fingerprint density at radius 3 is 2.44 bits per heavy atom. The third-order valence-corrected chi connectivity index (χ3v) is 3.30. The Morgan fingerprint density at radius 2 is 1.94 bits per heavy atom. The standard InChI is InChI=1S/C13H23NO4/c1-3-11(12(15)14-9(2)13(16)17)18-10-7-5-4-6-8-10/h9-11H,3-8H2,1-2H3,(H,14,15)(H,16,17). The number of carboxylic acids is 1. The molecule has 0 saturated heterocycles. The molecule has 0 aliphatic heterocycles. The van der Waals surface area contributed by atoms with E-state index in [1.54, 1.807) is 0 Å². The van der Waals surface area contributed by atoms with Gasteiger partial charge in [0.15, 0.2) is 0 Å². The van der Waals surface area contributed by atoms with Gasteiger partial charge in [-0.05, 0) is 26.2 Å². The van der Waals surface area contributed by atoms with Crippen molar-refractivity contribution in [2.75, 3.05) is 0 Å². The van der Waals surface area contributed by atoms with Gasteiger partial charge in [0.2, 0.25) is 5.91 Å². The zero-order valence-corrected chi connectivity index (χ0v) is 11.1. The lowest BCUT2D eigenvalue weighted by molar-refractivity contribution is -0.146. The van der Waals surface area contributed by atoms with Crippen LogP contribution in [0.15, 0.2) is 0 Å². The molecule has 2 unspecified atom stereocenters. The highest BCUT2D eigenvalue weighted by molar-refractivity contribution is 5.86. The van der Waals surface area contributed by atoms with E-state index in [9.17, 15) is 9.59 Å². The second-order valence-corrected chi connectivity index (χ2v) is 4.86. The van der Waals surface area contributed by atoms with E-state index in [0.717, 1.165) is 25.7 Å². The fraction of sp³-hybridized carbons (Fsp3) is 0.846. The average molecular weight is 257 g/mol. The first-order chi connectivity index (χ1) is 8.54. The lowest BCUT2D eigenvalue weighted by Crippen LogP contribution is -2.45. The molecule has 1 saturated carbocycles. The normalized spacial score (nSPS) is 20.1. The van der Waals surface area contributed by atoms with E-state index in [4.69, 9.17) is 9.84 Å². The van der Waals surface area contributed by atoms with Crippen LogP contribution in [0.1, 0.15) is 52.4 Å². The number of amides is 1. The van der Waals surface area contributed by atoms with E-state index >= 15 is 0 Å². The Morgan fingerprint density at radius 1 is 1.33 bits per heavy atom. The summed E-state index contributed by atoms with van der Waals surface area (Å²) in [7, 11) is 0. The maximum Gasteiger partial charge on any atom is 0.325 e. The van der Waals surface area contributed by atoms with Crippen molar-refractivity contribution in [1.82, 2.24) is 5.32 Å². The first-order valence-electron chi connectivity index (χ1n) is 6.73. The van der Waals surface area contributed by atoms with Crippen LogP contribution in [0.3, 0.4) is 0 Å². The third kappa shape index (κ3) is 4.64. The van der Waals surface area contributed by atoms with E-state index in [1.807, 2.05) is 6.92 Å².